The SMILES string of the molecule is CCCCOc1ccc2c(c1)C=C(C(=O)c1cnn(-c3ccc4nc(C)[nH]c4c3)c1N)C2. The number of allylic oxidation sites excluding steroid dienone is 1. The molecule has 2 heterocycles. The topological polar surface area (TPSA) is 98.8 Å². The van der Waals surface area contributed by atoms with Gasteiger partial charge in [0.15, 0.2) is 5.78 Å². The third-order valence-corrected chi connectivity index (χ3v) is 5.77. The molecule has 162 valence electrons. The lowest BCUT2D eigenvalue weighted by molar-refractivity contribution is 0.103. The van der Waals surface area contributed by atoms with Gasteiger partial charge >= 0.3 is 0 Å². The number of rotatable bonds is 7. The molecular formula is C25H25N5O2. The van der Waals surface area contributed by atoms with E-state index in [0.29, 0.717) is 30.0 Å². The Balaban J connectivity index is 1.39. The summed E-state index contributed by atoms with van der Waals surface area (Å²) in [6.07, 6.45) is 6.16. The Hall–Kier alpha value is -3.87. The fraction of sp³-hybridized carbons (Fsp3) is 0.240. The molecular weight excluding hydrogens is 402 g/mol. The Labute approximate surface area is 185 Å². The smallest absolute Gasteiger partial charge is 0.194 e. The van der Waals surface area contributed by atoms with E-state index in [1.807, 2.05) is 49.4 Å². The van der Waals surface area contributed by atoms with Crippen molar-refractivity contribution in [3.8, 4) is 11.4 Å². The maximum Gasteiger partial charge on any atom is 0.194 e. The molecule has 7 nitrogen and oxygen atoms in total. The van der Waals surface area contributed by atoms with Crippen molar-refractivity contribution in [3.05, 3.63) is 70.7 Å². The number of Topliss-reactive ketones (excluding diaryl/α,β-unsaturated/α-hetero) is 1. The molecule has 0 fully saturated rings. The first kappa shape index (κ1) is 20.1. The van der Waals surface area contributed by atoms with Gasteiger partial charge in [0, 0.05) is 12.0 Å². The Bertz CT molecular complexity index is 1360. The van der Waals surface area contributed by atoms with Crippen LogP contribution in [0.5, 0.6) is 5.75 Å². The second kappa shape index (κ2) is 8.00. The zero-order valence-corrected chi connectivity index (χ0v) is 18.2. The number of hydrogen-bond donors (Lipinski definition) is 2. The number of carbonyl (C=O) groups is 1. The number of unbranched alkanes of at least 4 members (excludes halogenated alkanes) is 1. The second-order valence-corrected chi connectivity index (χ2v) is 8.12. The van der Waals surface area contributed by atoms with E-state index in [9.17, 15) is 4.79 Å². The summed E-state index contributed by atoms with van der Waals surface area (Å²) >= 11 is 0. The summed E-state index contributed by atoms with van der Waals surface area (Å²) in [5.41, 5.74) is 12.1. The van der Waals surface area contributed by atoms with Crippen LogP contribution >= 0.6 is 0 Å². The number of benzene rings is 2. The van der Waals surface area contributed by atoms with Crippen molar-refractivity contribution in [2.75, 3.05) is 12.3 Å². The average molecular weight is 428 g/mol. The van der Waals surface area contributed by atoms with Gasteiger partial charge in [0.1, 0.15) is 17.4 Å². The minimum Gasteiger partial charge on any atom is -0.494 e. The van der Waals surface area contributed by atoms with Gasteiger partial charge in [-0.1, -0.05) is 19.4 Å². The first-order valence-corrected chi connectivity index (χ1v) is 10.8. The molecule has 0 saturated heterocycles. The van der Waals surface area contributed by atoms with Crippen LogP contribution in [0.3, 0.4) is 0 Å². The van der Waals surface area contributed by atoms with Crippen LogP contribution in [0.15, 0.2) is 48.2 Å². The summed E-state index contributed by atoms with van der Waals surface area (Å²) in [5.74, 6) is 1.90. The van der Waals surface area contributed by atoms with E-state index in [-0.39, 0.29) is 5.78 Å². The van der Waals surface area contributed by atoms with Gasteiger partial charge in [0.25, 0.3) is 0 Å². The van der Waals surface area contributed by atoms with E-state index < -0.39 is 0 Å². The number of nitrogens with two attached hydrogens (primary N) is 1. The van der Waals surface area contributed by atoms with Crippen molar-refractivity contribution < 1.29 is 9.53 Å². The number of hydrogen-bond acceptors (Lipinski definition) is 5. The van der Waals surface area contributed by atoms with Gasteiger partial charge in [-0.25, -0.2) is 9.67 Å². The van der Waals surface area contributed by atoms with Crippen molar-refractivity contribution in [1.82, 2.24) is 19.7 Å². The second-order valence-electron chi connectivity index (χ2n) is 8.12. The van der Waals surface area contributed by atoms with Gasteiger partial charge in [-0.05, 0) is 60.9 Å². The fourth-order valence-electron chi connectivity index (χ4n) is 4.05. The van der Waals surface area contributed by atoms with Crippen LogP contribution in [0.2, 0.25) is 0 Å². The number of aryl methyl sites for hydroxylation is 1. The van der Waals surface area contributed by atoms with Crippen molar-refractivity contribution in [2.24, 2.45) is 0 Å². The minimum atomic E-state index is -0.100. The minimum absolute atomic E-state index is 0.100. The molecule has 0 amide bonds. The number of aromatic amines is 1. The zero-order chi connectivity index (χ0) is 22.2. The van der Waals surface area contributed by atoms with Crippen LogP contribution in [0.4, 0.5) is 5.82 Å². The lowest BCUT2D eigenvalue weighted by Gasteiger charge is -2.07. The highest BCUT2D eigenvalue weighted by atomic mass is 16.5. The molecule has 3 N–H and O–H groups in total. The first-order valence-electron chi connectivity index (χ1n) is 10.8. The van der Waals surface area contributed by atoms with E-state index in [4.69, 9.17) is 10.5 Å². The van der Waals surface area contributed by atoms with Crippen molar-refractivity contribution in [3.63, 3.8) is 0 Å². The number of nitrogens with one attached hydrogen (secondary N) is 1. The predicted molar refractivity (Wildman–Crippen MR) is 125 cm³/mol. The summed E-state index contributed by atoms with van der Waals surface area (Å²) in [5, 5.41) is 4.39. The molecule has 0 atom stereocenters. The van der Waals surface area contributed by atoms with Crippen LogP contribution in [0.1, 0.15) is 47.1 Å². The standard InChI is InChI=1S/C25H25N5O2/c1-3-4-9-32-20-7-5-16-10-18(11-17(16)12-20)24(31)21-14-27-30(25(21)26)19-6-8-22-23(13-19)29-15(2)28-22/h5-8,11-14H,3-4,9-10,26H2,1-2H3,(H,28,29). The summed E-state index contributed by atoms with van der Waals surface area (Å²) in [6.45, 7) is 4.74. The van der Waals surface area contributed by atoms with E-state index in [1.165, 1.54) is 0 Å². The molecule has 0 radical (unpaired) electrons. The van der Waals surface area contributed by atoms with Crippen LogP contribution in [-0.4, -0.2) is 32.1 Å². The summed E-state index contributed by atoms with van der Waals surface area (Å²) in [4.78, 5) is 20.9. The van der Waals surface area contributed by atoms with Gasteiger partial charge in [-0.3, -0.25) is 4.79 Å². The van der Waals surface area contributed by atoms with Crippen molar-refractivity contribution in [2.45, 2.75) is 33.1 Å². The van der Waals surface area contributed by atoms with Gasteiger partial charge in [0.05, 0.1) is 35.1 Å². The van der Waals surface area contributed by atoms with E-state index in [1.54, 1.807) is 10.9 Å². The average Bonchev–Trinajstić information content (AvgIpc) is 3.48. The molecule has 1 aliphatic carbocycles. The van der Waals surface area contributed by atoms with Crippen LogP contribution in [0, 0.1) is 6.92 Å². The molecule has 4 aromatic rings. The Kier molecular flexibility index (Phi) is 5.01. The number of nitrogen functional groups attached to an aromatic ring is 1. The summed E-state index contributed by atoms with van der Waals surface area (Å²) in [7, 11) is 0. The molecule has 2 aromatic carbocycles. The molecule has 1 aliphatic rings. The lowest BCUT2D eigenvalue weighted by atomic mass is 10.0. The maximum absolute atomic E-state index is 13.2. The lowest BCUT2D eigenvalue weighted by Crippen LogP contribution is -2.08. The van der Waals surface area contributed by atoms with Gasteiger partial charge in [-0.15, -0.1) is 0 Å². The molecule has 32 heavy (non-hydrogen) atoms. The molecule has 0 aliphatic heterocycles. The van der Waals surface area contributed by atoms with Crippen molar-refractivity contribution >= 4 is 28.7 Å². The maximum atomic E-state index is 13.2. The third-order valence-electron chi connectivity index (χ3n) is 5.77. The number of ketones is 1. The molecule has 7 heteroatoms. The van der Waals surface area contributed by atoms with Crippen molar-refractivity contribution in [1.29, 1.82) is 0 Å². The molecule has 2 aromatic heterocycles. The number of H-pyrrole nitrogens is 1. The highest BCUT2D eigenvalue weighted by Crippen LogP contribution is 2.32. The Morgan fingerprint density at radius 3 is 2.97 bits per heavy atom. The number of ether oxygens (including phenoxy) is 1. The number of nitrogens with zero attached hydrogens (tertiary/aromatic N) is 3. The highest BCUT2D eigenvalue weighted by Gasteiger charge is 2.24. The third kappa shape index (κ3) is 3.56. The first-order chi connectivity index (χ1) is 15.5. The van der Waals surface area contributed by atoms with E-state index >= 15 is 0 Å². The Morgan fingerprint density at radius 1 is 1.25 bits per heavy atom. The number of anilines is 1. The summed E-state index contributed by atoms with van der Waals surface area (Å²) in [6, 6.07) is 11.7. The summed E-state index contributed by atoms with van der Waals surface area (Å²) < 4.78 is 7.39. The van der Waals surface area contributed by atoms with E-state index in [0.717, 1.165) is 52.3 Å². The van der Waals surface area contributed by atoms with Gasteiger partial charge in [-0.2, -0.15) is 5.10 Å². The largest absolute Gasteiger partial charge is 0.494 e. The molecule has 0 unspecified atom stereocenters. The predicted octanol–water partition coefficient (Wildman–Crippen LogP) is 4.64. The normalized spacial score (nSPS) is 12.8. The van der Waals surface area contributed by atoms with Crippen LogP contribution in [-0.2, 0) is 6.42 Å². The van der Waals surface area contributed by atoms with Gasteiger partial charge < -0.3 is 15.5 Å². The molecule has 0 saturated carbocycles. The van der Waals surface area contributed by atoms with Crippen LogP contribution in [0.25, 0.3) is 22.8 Å². The number of fused-ring (bicyclic) bond motifs is 2. The Morgan fingerprint density at radius 2 is 2.12 bits per heavy atom. The molecule has 0 bridgehead atoms. The highest BCUT2D eigenvalue weighted by molar-refractivity contribution is 6.15. The zero-order valence-electron chi connectivity index (χ0n) is 18.2. The number of imidazole rings is 1. The fourth-order valence-corrected chi connectivity index (χ4v) is 4.05. The molecule has 0 spiro atoms. The van der Waals surface area contributed by atoms with Crippen LogP contribution < -0.4 is 10.5 Å². The number of aromatic nitrogens is 4. The monoisotopic (exact) mass is 427 g/mol. The molecule has 5 rings (SSSR count). The number of carbonyl (C=O) groups excluding carboxylic acids is 1. The quantitative estimate of drug-likeness (QED) is 0.331. The van der Waals surface area contributed by atoms with E-state index in [2.05, 4.69) is 22.0 Å². The van der Waals surface area contributed by atoms with Gasteiger partial charge in [0.2, 0.25) is 0 Å².